The first-order chi connectivity index (χ1) is 4.20. The topological polar surface area (TPSA) is 32.6 Å². The summed E-state index contributed by atoms with van der Waals surface area (Å²) in [6, 6.07) is 0. The highest BCUT2D eigenvalue weighted by molar-refractivity contribution is 6.28. The molecule has 0 fully saturated rings. The van der Waals surface area contributed by atoms with Gasteiger partial charge in [0.25, 0.3) is 0 Å². The average molecular weight is 150 g/mol. The predicted molar refractivity (Wildman–Crippen MR) is 39.4 cm³/mol. The van der Waals surface area contributed by atoms with Crippen molar-refractivity contribution in [3.05, 3.63) is 0 Å². The summed E-state index contributed by atoms with van der Waals surface area (Å²) in [5, 5.41) is 11.3. The van der Waals surface area contributed by atoms with Gasteiger partial charge in [-0.05, 0) is 12.3 Å². The van der Waals surface area contributed by atoms with E-state index in [4.69, 9.17) is 16.8 Å². The van der Waals surface area contributed by atoms with Gasteiger partial charge in [0.15, 0.2) is 0 Å². The second-order valence-electron chi connectivity index (χ2n) is 2.40. The molecule has 0 saturated heterocycles. The average Bonchev–Trinajstić information content (AvgIpc) is 1.82. The first kappa shape index (κ1) is 8.76. The van der Waals surface area contributed by atoms with Gasteiger partial charge in [-0.1, -0.05) is 19.0 Å². The van der Waals surface area contributed by atoms with Crippen molar-refractivity contribution in [2.24, 2.45) is 11.1 Å². The van der Waals surface area contributed by atoms with E-state index in [-0.39, 0.29) is 0 Å². The maximum atomic E-state index is 8.28. The molecule has 0 aliphatic heterocycles. The van der Waals surface area contributed by atoms with Crippen molar-refractivity contribution in [3.63, 3.8) is 0 Å². The van der Waals surface area contributed by atoms with Crippen LogP contribution in [0, 0.1) is 5.92 Å². The first-order valence-corrected chi connectivity index (χ1v) is 3.50. The fourth-order valence-electron chi connectivity index (χ4n) is 0.593. The number of nitrogens with zero attached hydrogens (tertiary/aromatic N) is 1. The first-order valence-electron chi connectivity index (χ1n) is 2.96. The van der Waals surface area contributed by atoms with Crippen LogP contribution in [0.2, 0.25) is 0 Å². The number of hydrogen-bond acceptors (Lipinski definition) is 2. The maximum Gasteiger partial charge on any atom is 0.0720 e. The lowest BCUT2D eigenvalue weighted by Gasteiger charge is -2.01. The van der Waals surface area contributed by atoms with Gasteiger partial charge < -0.3 is 5.21 Å². The zero-order valence-corrected chi connectivity index (χ0v) is 6.52. The van der Waals surface area contributed by atoms with E-state index >= 15 is 0 Å². The van der Waals surface area contributed by atoms with Gasteiger partial charge in [0, 0.05) is 0 Å². The van der Waals surface area contributed by atoms with E-state index in [1.165, 1.54) is 0 Å². The summed E-state index contributed by atoms with van der Waals surface area (Å²) < 4.78 is 0. The Labute approximate surface area is 60.5 Å². The number of rotatable bonds is 3. The Kier molecular flexibility index (Phi) is 4.50. The van der Waals surface area contributed by atoms with Gasteiger partial charge in [-0.15, -0.1) is 11.6 Å². The van der Waals surface area contributed by atoms with Crippen LogP contribution < -0.4 is 0 Å². The van der Waals surface area contributed by atoms with Crippen LogP contribution in [0.5, 0.6) is 0 Å². The lowest BCUT2D eigenvalue weighted by atomic mass is 10.1. The Morgan fingerprint density at radius 2 is 2.22 bits per heavy atom. The molecule has 0 amide bonds. The Morgan fingerprint density at radius 3 is 2.33 bits per heavy atom. The molecule has 0 bridgehead atoms. The number of alkyl halides is 1. The smallest absolute Gasteiger partial charge is 0.0720 e. The molecular formula is C6H12ClNO. The van der Waals surface area contributed by atoms with Crippen molar-refractivity contribution >= 4 is 17.3 Å². The van der Waals surface area contributed by atoms with Gasteiger partial charge in [-0.2, -0.15) is 0 Å². The second kappa shape index (κ2) is 4.62. The van der Waals surface area contributed by atoms with Crippen molar-refractivity contribution in [2.75, 3.05) is 5.88 Å². The minimum atomic E-state index is 0.328. The molecule has 0 rings (SSSR count). The summed E-state index contributed by atoms with van der Waals surface area (Å²) in [5.41, 5.74) is 0.659. The molecule has 0 aliphatic carbocycles. The molecule has 0 radical (unpaired) electrons. The third kappa shape index (κ3) is 4.28. The summed E-state index contributed by atoms with van der Waals surface area (Å²) in [6.07, 6.45) is 0.778. The minimum absolute atomic E-state index is 0.328. The van der Waals surface area contributed by atoms with E-state index < -0.39 is 0 Å². The highest BCUT2D eigenvalue weighted by Crippen LogP contribution is 2.02. The molecule has 0 heterocycles. The van der Waals surface area contributed by atoms with Crippen molar-refractivity contribution in [2.45, 2.75) is 20.3 Å². The highest BCUT2D eigenvalue weighted by atomic mass is 35.5. The fourth-order valence-corrected chi connectivity index (χ4v) is 0.756. The van der Waals surface area contributed by atoms with E-state index in [2.05, 4.69) is 19.0 Å². The Morgan fingerprint density at radius 1 is 1.67 bits per heavy atom. The molecule has 3 heteroatoms. The van der Waals surface area contributed by atoms with Crippen LogP contribution in [0.3, 0.4) is 0 Å². The zero-order valence-electron chi connectivity index (χ0n) is 5.76. The van der Waals surface area contributed by atoms with Gasteiger partial charge in [-0.3, -0.25) is 0 Å². The Bertz CT molecular complexity index is 101. The second-order valence-corrected chi connectivity index (χ2v) is 2.67. The molecule has 0 aromatic carbocycles. The van der Waals surface area contributed by atoms with Gasteiger partial charge in [-0.25, -0.2) is 0 Å². The molecule has 0 spiro atoms. The third-order valence-corrected chi connectivity index (χ3v) is 1.25. The number of oxime groups is 1. The van der Waals surface area contributed by atoms with Crippen molar-refractivity contribution in [3.8, 4) is 0 Å². The molecule has 1 N–H and O–H groups in total. The zero-order chi connectivity index (χ0) is 7.28. The molecule has 0 aromatic heterocycles. The fraction of sp³-hybridized carbons (Fsp3) is 0.833. The van der Waals surface area contributed by atoms with E-state index in [0.717, 1.165) is 6.42 Å². The standard InChI is InChI=1S/C6H12ClNO/c1-5(2)3-6(4-7)8-9/h5,9H,3-4H2,1-2H3/b8-6+. The third-order valence-electron chi connectivity index (χ3n) is 0.940. The lowest BCUT2D eigenvalue weighted by Crippen LogP contribution is -2.04. The van der Waals surface area contributed by atoms with Crippen molar-refractivity contribution < 1.29 is 5.21 Å². The van der Waals surface area contributed by atoms with Gasteiger partial charge in [0.1, 0.15) is 0 Å². The van der Waals surface area contributed by atoms with Crippen LogP contribution in [0.4, 0.5) is 0 Å². The summed E-state index contributed by atoms with van der Waals surface area (Å²) in [4.78, 5) is 0. The molecule has 0 saturated carbocycles. The Hall–Kier alpha value is -0.240. The van der Waals surface area contributed by atoms with Crippen LogP contribution in [-0.4, -0.2) is 16.8 Å². The van der Waals surface area contributed by atoms with Crippen LogP contribution in [0.15, 0.2) is 5.16 Å². The summed E-state index contributed by atoms with van der Waals surface area (Å²) in [6.45, 7) is 4.11. The van der Waals surface area contributed by atoms with E-state index in [1.807, 2.05) is 0 Å². The molecular weight excluding hydrogens is 138 g/mol. The molecule has 2 nitrogen and oxygen atoms in total. The predicted octanol–water partition coefficient (Wildman–Crippen LogP) is 2.10. The van der Waals surface area contributed by atoms with Gasteiger partial charge >= 0.3 is 0 Å². The Balaban J connectivity index is 3.58. The highest BCUT2D eigenvalue weighted by Gasteiger charge is 2.00. The van der Waals surface area contributed by atoms with Crippen LogP contribution in [0.25, 0.3) is 0 Å². The van der Waals surface area contributed by atoms with Crippen molar-refractivity contribution in [1.82, 2.24) is 0 Å². The van der Waals surface area contributed by atoms with Crippen LogP contribution in [0.1, 0.15) is 20.3 Å². The lowest BCUT2D eigenvalue weighted by molar-refractivity contribution is 0.316. The van der Waals surface area contributed by atoms with Gasteiger partial charge in [0.2, 0.25) is 0 Å². The minimum Gasteiger partial charge on any atom is -0.411 e. The number of hydrogen-bond donors (Lipinski definition) is 1. The summed E-state index contributed by atoms with van der Waals surface area (Å²) >= 11 is 5.42. The molecule has 0 aromatic rings. The SMILES string of the molecule is CC(C)C/C(CCl)=N\O. The normalized spacial score (nSPS) is 12.7. The van der Waals surface area contributed by atoms with E-state index in [0.29, 0.717) is 17.5 Å². The van der Waals surface area contributed by atoms with Crippen molar-refractivity contribution in [1.29, 1.82) is 0 Å². The van der Waals surface area contributed by atoms with Crippen LogP contribution in [-0.2, 0) is 0 Å². The summed E-state index contributed by atoms with van der Waals surface area (Å²) in [5.74, 6) is 0.837. The molecule has 9 heavy (non-hydrogen) atoms. The summed E-state index contributed by atoms with van der Waals surface area (Å²) in [7, 11) is 0. The molecule has 54 valence electrons. The van der Waals surface area contributed by atoms with E-state index in [9.17, 15) is 0 Å². The molecule has 0 unspecified atom stereocenters. The van der Waals surface area contributed by atoms with Gasteiger partial charge in [0.05, 0.1) is 11.6 Å². The largest absolute Gasteiger partial charge is 0.411 e. The molecule has 0 atom stereocenters. The quantitative estimate of drug-likeness (QED) is 0.284. The monoisotopic (exact) mass is 149 g/mol. The van der Waals surface area contributed by atoms with E-state index in [1.54, 1.807) is 0 Å². The van der Waals surface area contributed by atoms with Crippen LogP contribution >= 0.6 is 11.6 Å². The number of halogens is 1. The molecule has 0 aliphatic rings. The maximum absolute atomic E-state index is 8.28.